The van der Waals surface area contributed by atoms with Gasteiger partial charge in [-0.25, -0.2) is 0 Å². The molecule has 0 aliphatic rings. The smallest absolute Gasteiger partial charge is 0.156 e. The van der Waals surface area contributed by atoms with Gasteiger partial charge in [0.15, 0.2) is 8.97 Å². The molecular weight excluding hydrogens is 96.2 g/mol. The summed E-state index contributed by atoms with van der Waals surface area (Å²) in [5.74, 6) is 0. The maximum atomic E-state index is 7.25. The van der Waals surface area contributed by atoms with Gasteiger partial charge in [0.2, 0.25) is 0 Å². The molecule has 0 aromatic heterocycles. The molecule has 0 aromatic carbocycles. The monoisotopic (exact) mass is 112 g/mol. The van der Waals surface area contributed by atoms with Crippen molar-refractivity contribution in [3.8, 4) is 0 Å². The molecule has 0 heterocycles. The Balaban J connectivity index is 4.13. The van der Waals surface area contributed by atoms with Crippen molar-refractivity contribution < 1.29 is 6.86 Å². The molecule has 1 unspecified atom stereocenters. The van der Waals surface area contributed by atoms with Crippen LogP contribution >= 0.6 is 0 Å². The van der Waals surface area contributed by atoms with E-state index in [1.807, 2.05) is 0 Å². The summed E-state index contributed by atoms with van der Waals surface area (Å²) in [4.78, 5) is 0. The molecule has 0 N–H and O–H groups in total. The van der Waals surface area contributed by atoms with Crippen LogP contribution < -0.4 is 0 Å². The average Bonchev–Trinajstić information content (AvgIpc) is 1.56. The first-order valence-electron chi connectivity index (χ1n) is 4.35. The van der Waals surface area contributed by atoms with Gasteiger partial charge in [0.25, 0.3) is 0 Å². The summed E-state index contributed by atoms with van der Waals surface area (Å²) in [5.41, 5.74) is 0. The Morgan fingerprint density at radius 3 is 3.60 bits per heavy atom. The zero-order valence-corrected chi connectivity index (χ0v) is 4.99. The second-order valence-corrected chi connectivity index (χ2v) is 2.75. The van der Waals surface area contributed by atoms with E-state index < -0.39 is 25.8 Å². The van der Waals surface area contributed by atoms with Crippen molar-refractivity contribution in [2.75, 3.05) is 0 Å². The van der Waals surface area contributed by atoms with Crippen LogP contribution in [-0.4, -0.2) is 24.2 Å². The van der Waals surface area contributed by atoms with Crippen LogP contribution in [0.25, 0.3) is 0 Å². The first-order valence-corrected chi connectivity index (χ1v) is 3.59. The minimum absolute atomic E-state index is 1.25. The van der Waals surface area contributed by atoms with Crippen molar-refractivity contribution in [2.24, 2.45) is 0 Å². The van der Waals surface area contributed by atoms with Crippen molar-refractivity contribution in [2.45, 2.75) is 13.0 Å². The van der Waals surface area contributed by atoms with E-state index in [1.54, 1.807) is 0 Å². The SMILES string of the molecule is [2H]C([2H])[Si]([2H])(C)O[Si]([2H])([2H])[2H]. The van der Waals surface area contributed by atoms with Gasteiger partial charge in [0.05, 0.1) is 0 Å². The van der Waals surface area contributed by atoms with Crippen LogP contribution in [0.2, 0.25) is 13.0 Å². The summed E-state index contributed by atoms with van der Waals surface area (Å²) in [6.07, 6.45) is 0. The third-order valence-electron chi connectivity index (χ3n) is 0.161. The average molecular weight is 112 g/mol. The highest BCUT2D eigenvalue weighted by Gasteiger charge is 1.82. The van der Waals surface area contributed by atoms with Gasteiger partial charge in [-0.05, 0) is 13.0 Å². The first kappa shape index (κ1) is 0.964. The van der Waals surface area contributed by atoms with Crippen LogP contribution in [0, 0.1) is 0 Å². The van der Waals surface area contributed by atoms with E-state index in [0.717, 1.165) is 0 Å². The predicted octanol–water partition coefficient (Wildman–Crippen LogP) is -0.733. The first-order chi connectivity index (χ1) is 4.65. The Kier molecular flexibility index (Phi) is 0.505. The molecule has 0 bridgehead atoms. The second-order valence-electron chi connectivity index (χ2n) is 0.713. The van der Waals surface area contributed by atoms with Crippen LogP contribution in [0.3, 0.4) is 0 Å². The third-order valence-corrected chi connectivity index (χ3v) is 1.45. The topological polar surface area (TPSA) is 9.23 Å². The van der Waals surface area contributed by atoms with E-state index >= 15 is 0 Å². The summed E-state index contributed by atoms with van der Waals surface area (Å²) in [6, 6.07) is 0. The zero-order chi connectivity index (χ0) is 9.28. The second kappa shape index (κ2) is 2.62. The molecule has 0 amide bonds. The molecule has 5 heavy (non-hydrogen) atoms. The lowest BCUT2D eigenvalue weighted by Gasteiger charge is -1.93. The zero-order valence-electron chi connectivity index (χ0n) is 8.99. The number of rotatable bonds is 2. The lowest BCUT2D eigenvalue weighted by atomic mass is 11.9. The Hall–Kier alpha value is 0.394. The number of hydrogen-bond donors (Lipinski definition) is 0. The van der Waals surface area contributed by atoms with Crippen molar-refractivity contribution in [3.05, 3.63) is 0 Å². The van der Waals surface area contributed by atoms with Crippen LogP contribution in [0.5, 0.6) is 0 Å². The molecule has 0 saturated carbocycles. The summed E-state index contributed by atoms with van der Waals surface area (Å²) in [6.45, 7) is -0.216. The molecule has 0 aliphatic heterocycles. The molecule has 0 saturated heterocycles. The fourth-order valence-corrected chi connectivity index (χ4v) is 0. The maximum absolute atomic E-state index is 7.25. The van der Waals surface area contributed by atoms with Crippen molar-refractivity contribution >= 4 is 19.3 Å². The van der Waals surface area contributed by atoms with Crippen LogP contribution in [0.1, 0.15) is 2.74 Å². The molecule has 0 aliphatic carbocycles. The van der Waals surface area contributed by atoms with Crippen molar-refractivity contribution in [1.82, 2.24) is 0 Å². The quantitative estimate of drug-likeness (QED) is 0.428. The highest BCUT2D eigenvalue weighted by Crippen LogP contribution is 1.72. The molecule has 3 heteroatoms. The van der Waals surface area contributed by atoms with E-state index in [2.05, 4.69) is 4.12 Å². The van der Waals surface area contributed by atoms with E-state index in [4.69, 9.17) is 7.68 Å². The van der Waals surface area contributed by atoms with Gasteiger partial charge >= 0.3 is 0 Å². The maximum Gasteiger partial charge on any atom is 0.156 e. The van der Waals surface area contributed by atoms with Gasteiger partial charge in [0, 0.05) is 7.68 Å². The minimum atomic E-state index is -3.97. The standard InChI is InChI=1S/C2H10OSi2/c1-5(2)3-4/h5H,1-2,4H3/i1D2,4D3,5D. The molecule has 1 nitrogen and oxygen atoms in total. The molecule has 0 rings (SSSR count). The molecule has 0 spiro atoms. The summed E-state index contributed by atoms with van der Waals surface area (Å²) in [7, 11) is -7.30. The van der Waals surface area contributed by atoms with E-state index in [1.165, 1.54) is 6.55 Å². The van der Waals surface area contributed by atoms with E-state index in [-0.39, 0.29) is 0 Å². The summed E-state index contributed by atoms with van der Waals surface area (Å²) < 4.78 is 45.7. The van der Waals surface area contributed by atoms with Gasteiger partial charge in [0.1, 0.15) is 10.3 Å². The van der Waals surface area contributed by atoms with Crippen LogP contribution in [0.4, 0.5) is 0 Å². The fraction of sp³-hybridized carbons (Fsp3) is 1.00. The highest BCUT2D eigenvalue weighted by atomic mass is 28.3. The van der Waals surface area contributed by atoms with Gasteiger partial charge in [-0.2, -0.15) is 0 Å². The number of hydrogen-bond acceptors (Lipinski definition) is 1. The molecular formula is C2H10OSi2. The Bertz CT molecular complexity index is 131. The summed E-state index contributed by atoms with van der Waals surface area (Å²) >= 11 is 0. The Morgan fingerprint density at radius 2 is 3.40 bits per heavy atom. The van der Waals surface area contributed by atoms with E-state index in [0.29, 0.717) is 0 Å². The van der Waals surface area contributed by atoms with Crippen LogP contribution in [0.15, 0.2) is 0 Å². The van der Waals surface area contributed by atoms with Crippen LogP contribution in [-0.2, 0) is 4.12 Å². The van der Waals surface area contributed by atoms with Crippen molar-refractivity contribution in [1.29, 1.82) is 4.94 Å². The Morgan fingerprint density at radius 1 is 2.60 bits per heavy atom. The lowest BCUT2D eigenvalue weighted by Crippen LogP contribution is -2.02. The molecule has 0 aromatic rings. The largest absolute Gasteiger partial charge is 0.466 e. The molecule has 1 atom stereocenters. The third kappa shape index (κ3) is 4.39. The van der Waals surface area contributed by atoms with Crippen molar-refractivity contribution in [3.63, 3.8) is 0 Å². The van der Waals surface area contributed by atoms with Gasteiger partial charge < -0.3 is 4.12 Å². The lowest BCUT2D eigenvalue weighted by molar-refractivity contribution is 0.647. The molecule has 0 radical (unpaired) electrons. The van der Waals surface area contributed by atoms with Gasteiger partial charge in [-0.3, -0.25) is 0 Å². The van der Waals surface area contributed by atoms with Gasteiger partial charge in [-0.1, -0.05) is 0 Å². The fourth-order valence-electron chi connectivity index (χ4n) is 0. The normalized spacial score (nSPS) is 42.0. The van der Waals surface area contributed by atoms with Gasteiger partial charge in [-0.15, -0.1) is 0 Å². The highest BCUT2D eigenvalue weighted by molar-refractivity contribution is 6.52. The summed E-state index contributed by atoms with van der Waals surface area (Å²) in [5, 5.41) is 0. The predicted molar refractivity (Wildman–Crippen MR) is 29.9 cm³/mol. The molecule has 32 valence electrons. The van der Waals surface area contributed by atoms with E-state index in [9.17, 15) is 0 Å². The Labute approximate surface area is 45.3 Å². The minimum Gasteiger partial charge on any atom is -0.466 e. The molecule has 0 fully saturated rings.